The molecule has 0 bridgehead atoms. The smallest absolute Gasteiger partial charge is 0.255 e. The van der Waals surface area contributed by atoms with Crippen LogP contribution in [-0.2, 0) is 0 Å². The molecule has 0 unspecified atom stereocenters. The summed E-state index contributed by atoms with van der Waals surface area (Å²) >= 11 is 6.83. The van der Waals surface area contributed by atoms with Gasteiger partial charge in [0, 0.05) is 36.7 Å². The molecule has 0 aliphatic carbocycles. The molecular weight excluding hydrogens is 458 g/mol. The van der Waals surface area contributed by atoms with Gasteiger partial charge in [-0.25, -0.2) is 0 Å². The number of rotatable bonds is 3. The van der Waals surface area contributed by atoms with Crippen molar-refractivity contribution in [3.8, 4) is 11.1 Å². The van der Waals surface area contributed by atoms with E-state index in [0.29, 0.717) is 5.56 Å². The normalized spacial score (nSPS) is 10.8. The predicted octanol–water partition coefficient (Wildman–Crippen LogP) is 6.88. The molecule has 1 heterocycles. The largest absolute Gasteiger partial charge is 0.464 e. The number of carbonyl (C=O) groups excluding carboxylic acids is 1. The lowest BCUT2D eigenvalue weighted by Gasteiger charge is -2.11. The maximum absolute atomic E-state index is 12.7. The Morgan fingerprint density at radius 1 is 0.846 bits per heavy atom. The Morgan fingerprint density at radius 2 is 1.54 bits per heavy atom. The fourth-order valence-corrected chi connectivity index (χ4v) is 4.19. The topological polar surface area (TPSA) is 42.2 Å². The van der Waals surface area contributed by atoms with Crippen LogP contribution in [0.15, 0.2) is 86.4 Å². The highest BCUT2D eigenvalue weighted by Gasteiger charge is 2.14. The number of nitrogens with one attached hydrogen (secondary N) is 1. The Hall–Kier alpha value is -2.37. The molecule has 0 aliphatic rings. The first-order chi connectivity index (χ1) is 12.6. The number of para-hydroxylation sites is 2. The zero-order valence-electron chi connectivity index (χ0n) is 13.5. The SMILES string of the molecule is O=C(Nc1ccccc1-c1coc2ccccc12)c1cc(Br)cc(Br)c1. The van der Waals surface area contributed by atoms with Crippen LogP contribution in [0.4, 0.5) is 5.69 Å². The van der Waals surface area contributed by atoms with E-state index in [0.717, 1.165) is 36.7 Å². The Bertz CT molecular complexity index is 1100. The van der Waals surface area contributed by atoms with Gasteiger partial charge in [0.25, 0.3) is 5.91 Å². The number of amides is 1. The van der Waals surface area contributed by atoms with Gasteiger partial charge < -0.3 is 9.73 Å². The van der Waals surface area contributed by atoms with Gasteiger partial charge in [-0.15, -0.1) is 0 Å². The number of benzene rings is 3. The Labute approximate surface area is 167 Å². The minimum Gasteiger partial charge on any atom is -0.464 e. The van der Waals surface area contributed by atoms with Crippen molar-refractivity contribution in [3.63, 3.8) is 0 Å². The zero-order valence-corrected chi connectivity index (χ0v) is 16.7. The second kappa shape index (κ2) is 7.09. The van der Waals surface area contributed by atoms with E-state index in [1.54, 1.807) is 18.4 Å². The van der Waals surface area contributed by atoms with Crippen LogP contribution in [0.3, 0.4) is 0 Å². The monoisotopic (exact) mass is 469 g/mol. The average molecular weight is 471 g/mol. The number of carbonyl (C=O) groups is 1. The molecule has 1 aromatic heterocycles. The van der Waals surface area contributed by atoms with Crippen LogP contribution < -0.4 is 5.32 Å². The summed E-state index contributed by atoms with van der Waals surface area (Å²) < 4.78 is 7.33. The second-order valence-electron chi connectivity index (χ2n) is 5.80. The molecule has 3 nitrogen and oxygen atoms in total. The van der Waals surface area contributed by atoms with Gasteiger partial charge in [0.2, 0.25) is 0 Å². The first kappa shape index (κ1) is 17.1. The van der Waals surface area contributed by atoms with Gasteiger partial charge in [0.05, 0.1) is 6.26 Å². The minimum absolute atomic E-state index is 0.174. The second-order valence-corrected chi connectivity index (χ2v) is 7.63. The molecule has 4 rings (SSSR count). The van der Waals surface area contributed by atoms with Crippen molar-refractivity contribution in [3.05, 3.63) is 87.5 Å². The first-order valence-corrected chi connectivity index (χ1v) is 9.53. The van der Waals surface area contributed by atoms with Crippen molar-refractivity contribution in [2.24, 2.45) is 0 Å². The summed E-state index contributed by atoms with van der Waals surface area (Å²) in [4.78, 5) is 12.7. The summed E-state index contributed by atoms with van der Waals surface area (Å²) in [6.07, 6.45) is 1.73. The van der Waals surface area contributed by atoms with E-state index >= 15 is 0 Å². The molecule has 0 aliphatic heterocycles. The van der Waals surface area contributed by atoms with Crippen LogP contribution in [0, 0.1) is 0 Å². The minimum atomic E-state index is -0.174. The van der Waals surface area contributed by atoms with Crippen LogP contribution >= 0.6 is 31.9 Å². The van der Waals surface area contributed by atoms with Crippen LogP contribution in [0.5, 0.6) is 0 Å². The van der Waals surface area contributed by atoms with E-state index in [1.807, 2.05) is 54.6 Å². The summed E-state index contributed by atoms with van der Waals surface area (Å²) in [6, 6.07) is 21.0. The molecule has 0 radical (unpaired) electrons. The average Bonchev–Trinajstić information content (AvgIpc) is 3.05. The lowest BCUT2D eigenvalue weighted by molar-refractivity contribution is 0.102. The van der Waals surface area contributed by atoms with Crippen molar-refractivity contribution in [1.29, 1.82) is 0 Å². The molecule has 5 heteroatoms. The first-order valence-electron chi connectivity index (χ1n) is 7.95. The quantitative estimate of drug-likeness (QED) is 0.354. The summed E-state index contributed by atoms with van der Waals surface area (Å²) in [5, 5.41) is 4.03. The number of furan rings is 1. The lowest BCUT2D eigenvalue weighted by atomic mass is 10.0. The Kier molecular flexibility index (Phi) is 4.66. The van der Waals surface area contributed by atoms with Gasteiger partial charge >= 0.3 is 0 Å². The molecule has 3 aromatic carbocycles. The fourth-order valence-electron chi connectivity index (χ4n) is 2.89. The molecular formula is C21H13Br2NO2. The van der Waals surface area contributed by atoms with Crippen LogP contribution in [0.25, 0.3) is 22.1 Å². The molecule has 128 valence electrons. The molecule has 0 saturated carbocycles. The number of halogens is 2. The number of fused-ring (bicyclic) bond motifs is 1. The Morgan fingerprint density at radius 3 is 2.35 bits per heavy atom. The maximum atomic E-state index is 12.7. The zero-order chi connectivity index (χ0) is 18.1. The molecule has 0 saturated heterocycles. The Balaban J connectivity index is 1.73. The number of hydrogen-bond donors (Lipinski definition) is 1. The summed E-state index contributed by atoms with van der Waals surface area (Å²) in [5.41, 5.74) is 3.99. The predicted molar refractivity (Wildman–Crippen MR) is 111 cm³/mol. The molecule has 0 spiro atoms. The number of hydrogen-bond acceptors (Lipinski definition) is 2. The molecule has 0 fully saturated rings. The van der Waals surface area contributed by atoms with E-state index < -0.39 is 0 Å². The standard InChI is InChI=1S/C21H13Br2NO2/c22-14-9-13(10-15(23)11-14)21(25)24-19-7-3-1-5-16(19)18-12-26-20-8-4-2-6-17(18)20/h1-12H,(H,24,25). The summed E-state index contributed by atoms with van der Waals surface area (Å²) in [6.45, 7) is 0. The highest BCUT2D eigenvalue weighted by molar-refractivity contribution is 9.11. The summed E-state index contributed by atoms with van der Waals surface area (Å²) in [7, 11) is 0. The van der Waals surface area contributed by atoms with E-state index in [9.17, 15) is 4.79 Å². The van der Waals surface area contributed by atoms with E-state index in [-0.39, 0.29) is 5.91 Å². The summed E-state index contributed by atoms with van der Waals surface area (Å²) in [5.74, 6) is -0.174. The number of anilines is 1. The van der Waals surface area contributed by atoms with Crippen molar-refractivity contribution in [2.45, 2.75) is 0 Å². The van der Waals surface area contributed by atoms with E-state index in [4.69, 9.17) is 4.42 Å². The fraction of sp³-hybridized carbons (Fsp3) is 0. The van der Waals surface area contributed by atoms with Crippen LogP contribution in [-0.4, -0.2) is 5.91 Å². The third kappa shape index (κ3) is 3.32. The van der Waals surface area contributed by atoms with E-state index in [2.05, 4.69) is 37.2 Å². The van der Waals surface area contributed by atoms with Gasteiger partial charge in [0.1, 0.15) is 5.58 Å². The molecule has 0 atom stereocenters. The van der Waals surface area contributed by atoms with Crippen LogP contribution in [0.1, 0.15) is 10.4 Å². The van der Waals surface area contributed by atoms with Crippen molar-refractivity contribution in [1.82, 2.24) is 0 Å². The van der Waals surface area contributed by atoms with Crippen molar-refractivity contribution >= 4 is 54.4 Å². The third-order valence-corrected chi connectivity index (χ3v) is 4.99. The van der Waals surface area contributed by atoms with Crippen molar-refractivity contribution in [2.75, 3.05) is 5.32 Å². The van der Waals surface area contributed by atoms with Gasteiger partial charge in [0.15, 0.2) is 0 Å². The van der Waals surface area contributed by atoms with E-state index in [1.165, 1.54) is 0 Å². The third-order valence-electron chi connectivity index (χ3n) is 4.07. The van der Waals surface area contributed by atoms with Gasteiger partial charge in [-0.2, -0.15) is 0 Å². The van der Waals surface area contributed by atoms with Crippen LogP contribution in [0.2, 0.25) is 0 Å². The van der Waals surface area contributed by atoms with Crippen molar-refractivity contribution < 1.29 is 9.21 Å². The van der Waals surface area contributed by atoms with Gasteiger partial charge in [-0.3, -0.25) is 4.79 Å². The van der Waals surface area contributed by atoms with Gasteiger partial charge in [-0.1, -0.05) is 68.3 Å². The molecule has 1 amide bonds. The maximum Gasteiger partial charge on any atom is 0.255 e. The lowest BCUT2D eigenvalue weighted by Crippen LogP contribution is -2.12. The van der Waals surface area contributed by atoms with Gasteiger partial charge in [-0.05, 0) is 30.3 Å². The highest BCUT2D eigenvalue weighted by Crippen LogP contribution is 2.35. The molecule has 26 heavy (non-hydrogen) atoms. The molecule has 4 aromatic rings. The highest BCUT2D eigenvalue weighted by atomic mass is 79.9. The molecule has 1 N–H and O–H groups in total.